The smallest absolute Gasteiger partial charge is 0.416 e. The maximum absolute atomic E-state index is 13.0. The molecule has 0 aliphatic heterocycles. The van der Waals surface area contributed by atoms with Gasteiger partial charge in [-0.05, 0) is 48.0 Å². The predicted octanol–water partition coefficient (Wildman–Crippen LogP) is 4.13. The minimum absolute atomic E-state index is 0.0307. The molecule has 0 amide bonds. The topological polar surface area (TPSA) is 99.4 Å². The normalized spacial score (nSPS) is 11.9. The Morgan fingerprint density at radius 3 is 2.36 bits per heavy atom. The lowest BCUT2D eigenvalue weighted by Gasteiger charge is -2.12. The first-order valence-corrected chi connectivity index (χ1v) is 10.4. The summed E-state index contributed by atoms with van der Waals surface area (Å²) in [4.78, 5) is 23.3. The molecular weight excluding hydrogens is 479 g/mol. The molecule has 0 saturated heterocycles. The van der Waals surface area contributed by atoms with Gasteiger partial charge in [-0.15, -0.1) is 0 Å². The second-order valence-electron chi connectivity index (χ2n) is 7.57. The molecule has 184 valence electrons. The lowest BCUT2D eigenvalue weighted by atomic mass is 10.1. The molecule has 0 atom stereocenters. The molecule has 4 rings (SSSR count). The van der Waals surface area contributed by atoms with Crippen LogP contribution in [0.25, 0.3) is 18.3 Å². The summed E-state index contributed by atoms with van der Waals surface area (Å²) in [6, 6.07) is 15.4. The highest BCUT2D eigenvalue weighted by Gasteiger charge is 2.33. The number of para-hydroxylation sites is 1. The van der Waals surface area contributed by atoms with E-state index in [0.717, 1.165) is 6.07 Å². The third kappa shape index (κ3) is 4.85. The van der Waals surface area contributed by atoms with Crippen LogP contribution in [0.4, 0.5) is 18.9 Å². The molecule has 3 aromatic carbocycles. The minimum atomic E-state index is -4.75. The minimum Gasteiger partial charge on any atom is -0.493 e. The molecular formula is C25H18F3N3O5. The van der Waals surface area contributed by atoms with Gasteiger partial charge in [0.15, 0.2) is 11.5 Å². The molecule has 4 aromatic rings. The van der Waals surface area contributed by atoms with Crippen molar-refractivity contribution in [2.75, 3.05) is 7.11 Å². The van der Waals surface area contributed by atoms with Crippen LogP contribution in [0.5, 0.6) is 17.2 Å². The van der Waals surface area contributed by atoms with E-state index < -0.39 is 22.4 Å². The third-order valence-corrected chi connectivity index (χ3v) is 5.22. The number of hydrogen-bond acceptors (Lipinski definition) is 5. The van der Waals surface area contributed by atoms with Crippen LogP contribution >= 0.6 is 0 Å². The SMILES string of the molecule is C=c1[nH]n(-c2ccccc2)c(=O)c1=Cc1ccc(Oc2ccc(C(F)(F)F)cc2[N+](=O)[O-])c(OC)c1. The molecule has 0 aliphatic carbocycles. The molecule has 0 radical (unpaired) electrons. The van der Waals surface area contributed by atoms with Crippen LogP contribution in [0.3, 0.4) is 0 Å². The monoisotopic (exact) mass is 497 g/mol. The van der Waals surface area contributed by atoms with Crippen LogP contribution in [-0.4, -0.2) is 21.8 Å². The van der Waals surface area contributed by atoms with E-state index >= 15 is 0 Å². The number of rotatable bonds is 6. The number of nitro groups is 1. The van der Waals surface area contributed by atoms with Gasteiger partial charge >= 0.3 is 11.9 Å². The zero-order valence-corrected chi connectivity index (χ0v) is 18.7. The molecule has 0 fully saturated rings. The number of halogens is 3. The summed E-state index contributed by atoms with van der Waals surface area (Å²) in [5, 5.41) is 14.9. The van der Waals surface area contributed by atoms with Gasteiger partial charge in [0, 0.05) is 6.07 Å². The van der Waals surface area contributed by atoms with E-state index in [9.17, 15) is 28.1 Å². The first-order valence-electron chi connectivity index (χ1n) is 10.4. The van der Waals surface area contributed by atoms with Crippen LogP contribution in [0, 0.1) is 10.1 Å². The van der Waals surface area contributed by atoms with Crippen LogP contribution in [0.1, 0.15) is 11.1 Å². The van der Waals surface area contributed by atoms with Gasteiger partial charge in [0.05, 0.1) is 33.9 Å². The molecule has 11 heteroatoms. The molecule has 8 nitrogen and oxygen atoms in total. The lowest BCUT2D eigenvalue weighted by Crippen LogP contribution is -2.33. The Kier molecular flexibility index (Phi) is 6.39. The molecule has 0 unspecified atom stereocenters. The Hall–Kier alpha value is -4.80. The fourth-order valence-electron chi connectivity index (χ4n) is 3.47. The number of aromatic nitrogens is 2. The Balaban J connectivity index is 1.72. The second-order valence-corrected chi connectivity index (χ2v) is 7.57. The highest BCUT2D eigenvalue weighted by atomic mass is 19.4. The third-order valence-electron chi connectivity index (χ3n) is 5.22. The maximum Gasteiger partial charge on any atom is 0.416 e. The number of alkyl halides is 3. The number of methoxy groups -OCH3 is 1. The average Bonchev–Trinajstić information content (AvgIpc) is 3.13. The molecule has 0 aliphatic rings. The molecule has 36 heavy (non-hydrogen) atoms. The molecule has 1 aromatic heterocycles. The summed E-state index contributed by atoms with van der Waals surface area (Å²) in [7, 11) is 1.33. The number of nitro benzene ring substituents is 1. The quantitative estimate of drug-likeness (QED) is 0.319. The second kappa shape index (κ2) is 9.45. The van der Waals surface area contributed by atoms with Crippen molar-refractivity contribution in [1.82, 2.24) is 9.78 Å². The van der Waals surface area contributed by atoms with Crippen LogP contribution in [0.2, 0.25) is 0 Å². The first kappa shape index (κ1) is 24.3. The summed E-state index contributed by atoms with van der Waals surface area (Å²) in [5.41, 5.74) is -1.19. The van der Waals surface area contributed by atoms with Crippen LogP contribution < -0.4 is 25.6 Å². The van der Waals surface area contributed by atoms with Gasteiger partial charge in [-0.2, -0.15) is 13.2 Å². The van der Waals surface area contributed by atoms with Gasteiger partial charge in [0.25, 0.3) is 5.56 Å². The molecule has 1 N–H and O–H groups in total. The molecule has 0 spiro atoms. The van der Waals surface area contributed by atoms with Crippen molar-refractivity contribution in [3.8, 4) is 22.9 Å². The number of H-pyrrole nitrogens is 1. The van der Waals surface area contributed by atoms with Gasteiger partial charge in [-0.3, -0.25) is 20.0 Å². The van der Waals surface area contributed by atoms with Gasteiger partial charge < -0.3 is 9.47 Å². The van der Waals surface area contributed by atoms with E-state index in [-0.39, 0.29) is 22.8 Å². The van der Waals surface area contributed by atoms with Gasteiger partial charge in [0.1, 0.15) is 0 Å². The van der Waals surface area contributed by atoms with E-state index in [0.29, 0.717) is 34.0 Å². The Bertz CT molecular complexity index is 1610. The fraction of sp³-hybridized carbons (Fsp3) is 0.0800. The van der Waals surface area contributed by atoms with E-state index in [1.54, 1.807) is 36.4 Å². The van der Waals surface area contributed by atoms with Gasteiger partial charge in [-0.1, -0.05) is 30.8 Å². The number of hydrogen-bond donors (Lipinski definition) is 1. The van der Waals surface area contributed by atoms with E-state index in [4.69, 9.17) is 9.47 Å². The zero-order valence-electron chi connectivity index (χ0n) is 18.7. The highest BCUT2D eigenvalue weighted by Crippen LogP contribution is 2.40. The van der Waals surface area contributed by atoms with Crippen molar-refractivity contribution >= 4 is 18.3 Å². The summed E-state index contributed by atoms with van der Waals surface area (Å²) >= 11 is 0. The summed E-state index contributed by atoms with van der Waals surface area (Å²) in [5.74, 6) is -0.218. The Morgan fingerprint density at radius 1 is 1.03 bits per heavy atom. The molecule has 0 bridgehead atoms. The van der Waals surface area contributed by atoms with Crippen molar-refractivity contribution in [2.24, 2.45) is 0 Å². The number of nitrogens with one attached hydrogen (secondary N) is 1. The summed E-state index contributed by atoms with van der Waals surface area (Å²) in [6.45, 7) is 3.88. The average molecular weight is 497 g/mol. The van der Waals surface area contributed by atoms with Crippen LogP contribution in [0.15, 0.2) is 71.5 Å². The van der Waals surface area contributed by atoms with Crippen molar-refractivity contribution in [3.05, 3.63) is 109 Å². The fourth-order valence-corrected chi connectivity index (χ4v) is 3.47. The standard InChI is InChI=1S/C25H18F3N3O5/c1-15-19(24(32)30(29-15)18-6-4-3-5-7-18)12-16-8-10-22(23(13-16)35-2)36-21-11-9-17(25(26,27)28)14-20(21)31(33)34/h3-14,29H,1H2,2H3. The van der Waals surface area contributed by atoms with Crippen molar-refractivity contribution in [3.63, 3.8) is 0 Å². The zero-order chi connectivity index (χ0) is 26.0. The van der Waals surface area contributed by atoms with E-state index in [1.807, 2.05) is 6.07 Å². The maximum atomic E-state index is 13.0. The lowest BCUT2D eigenvalue weighted by molar-refractivity contribution is -0.385. The Labute approximate surface area is 201 Å². The van der Waals surface area contributed by atoms with Gasteiger partial charge in [0.2, 0.25) is 5.75 Å². The summed E-state index contributed by atoms with van der Waals surface area (Å²) < 4.78 is 51.1. The van der Waals surface area contributed by atoms with E-state index in [1.165, 1.54) is 23.9 Å². The van der Waals surface area contributed by atoms with Gasteiger partial charge in [-0.25, -0.2) is 4.68 Å². The molecule has 1 heterocycles. The summed E-state index contributed by atoms with van der Waals surface area (Å²) in [6.07, 6.45) is -3.17. The van der Waals surface area contributed by atoms with Crippen molar-refractivity contribution in [1.29, 1.82) is 0 Å². The highest BCUT2D eigenvalue weighted by molar-refractivity contribution is 5.58. The van der Waals surface area contributed by atoms with Crippen molar-refractivity contribution < 1.29 is 27.6 Å². The predicted molar refractivity (Wildman–Crippen MR) is 126 cm³/mol. The Morgan fingerprint density at radius 2 is 1.72 bits per heavy atom. The number of aromatic amines is 1. The molecule has 0 saturated carbocycles. The first-order chi connectivity index (χ1) is 17.1. The largest absolute Gasteiger partial charge is 0.493 e. The number of benzene rings is 3. The van der Waals surface area contributed by atoms with Crippen molar-refractivity contribution in [2.45, 2.75) is 6.18 Å². The van der Waals surface area contributed by atoms with Crippen LogP contribution in [-0.2, 0) is 6.18 Å². The van der Waals surface area contributed by atoms with E-state index in [2.05, 4.69) is 11.7 Å². The number of nitrogens with zero attached hydrogens (tertiary/aromatic N) is 2. The number of ether oxygens (including phenoxy) is 2.